The molecule has 17 heavy (non-hydrogen) atoms. The third-order valence-electron chi connectivity index (χ3n) is 2.10. The molecule has 0 atom stereocenters. The van der Waals surface area contributed by atoms with Crippen LogP contribution in [0.15, 0.2) is 32.6 Å². The molecule has 0 radical (unpaired) electrons. The van der Waals surface area contributed by atoms with Crippen molar-refractivity contribution in [2.45, 2.75) is 24.8 Å². The van der Waals surface area contributed by atoms with Gasteiger partial charge in [0.15, 0.2) is 0 Å². The number of hydrogen-bond donors (Lipinski definition) is 2. The van der Waals surface area contributed by atoms with Crippen molar-refractivity contribution in [3.8, 4) is 0 Å². The number of nitrogens with zero attached hydrogens (tertiary/aromatic N) is 1. The van der Waals surface area contributed by atoms with Gasteiger partial charge in [0.1, 0.15) is 4.90 Å². The molecule has 0 amide bonds. The van der Waals surface area contributed by atoms with Crippen LogP contribution in [0.4, 0.5) is 5.69 Å². The van der Waals surface area contributed by atoms with Gasteiger partial charge in [-0.25, -0.2) is 18.1 Å². The third kappa shape index (κ3) is 2.61. The zero-order valence-corrected chi connectivity index (χ0v) is 11.8. The number of guanidine groups is 1. The smallest absolute Gasteiger partial charge is 0.266 e. The highest BCUT2D eigenvalue weighted by atomic mass is 79.9. The molecule has 0 aliphatic carbocycles. The standard InChI is InChI=1S/C10H12BrN3O2S/c1-6(2)12-10-13-8-4-3-7(11)5-9(8)17(15,16)14-10/h3-6H,1-2H3,(H2,12,13,14). The van der Waals surface area contributed by atoms with Crippen LogP contribution in [-0.4, -0.2) is 20.4 Å². The van der Waals surface area contributed by atoms with Crippen molar-refractivity contribution in [3.05, 3.63) is 22.7 Å². The molecule has 5 nitrogen and oxygen atoms in total. The lowest BCUT2D eigenvalue weighted by molar-refractivity contribution is 0.591. The molecule has 0 unspecified atom stereocenters. The van der Waals surface area contributed by atoms with E-state index in [1.165, 1.54) is 0 Å². The first kappa shape index (κ1) is 12.4. The Bertz CT molecular complexity index is 581. The van der Waals surface area contributed by atoms with Crippen LogP contribution in [0.1, 0.15) is 13.8 Å². The summed E-state index contributed by atoms with van der Waals surface area (Å²) in [6.07, 6.45) is 0. The molecule has 0 bridgehead atoms. The summed E-state index contributed by atoms with van der Waals surface area (Å²) in [6, 6.07) is 5.04. The van der Waals surface area contributed by atoms with E-state index in [9.17, 15) is 8.42 Å². The Labute approximate surface area is 109 Å². The van der Waals surface area contributed by atoms with Crippen molar-refractivity contribution in [2.75, 3.05) is 5.32 Å². The molecular formula is C10H12BrN3O2S. The summed E-state index contributed by atoms with van der Waals surface area (Å²) in [4.78, 5) is 4.37. The Morgan fingerprint density at radius 1 is 1.35 bits per heavy atom. The van der Waals surface area contributed by atoms with E-state index in [-0.39, 0.29) is 16.9 Å². The van der Waals surface area contributed by atoms with Gasteiger partial charge in [-0.15, -0.1) is 0 Å². The average molecular weight is 318 g/mol. The van der Waals surface area contributed by atoms with Crippen molar-refractivity contribution < 1.29 is 8.42 Å². The predicted octanol–water partition coefficient (Wildman–Crippen LogP) is 1.92. The molecule has 1 aromatic rings. The van der Waals surface area contributed by atoms with Gasteiger partial charge in [-0.2, -0.15) is 0 Å². The maximum Gasteiger partial charge on any atom is 0.266 e. The fourth-order valence-corrected chi connectivity index (χ4v) is 3.15. The molecule has 1 aliphatic rings. The lowest BCUT2D eigenvalue weighted by atomic mass is 10.3. The molecule has 0 saturated heterocycles. The van der Waals surface area contributed by atoms with Crippen LogP contribution in [0.3, 0.4) is 0 Å². The molecule has 1 aromatic carbocycles. The Morgan fingerprint density at radius 3 is 2.71 bits per heavy atom. The first-order valence-corrected chi connectivity index (χ1v) is 7.33. The molecule has 0 spiro atoms. The largest absolute Gasteiger partial charge is 0.324 e. The molecule has 0 fully saturated rings. The highest BCUT2D eigenvalue weighted by Gasteiger charge is 2.26. The molecule has 1 aliphatic heterocycles. The number of halogens is 1. The quantitative estimate of drug-likeness (QED) is 0.831. The lowest BCUT2D eigenvalue weighted by Crippen LogP contribution is -2.41. The van der Waals surface area contributed by atoms with Crippen molar-refractivity contribution in [1.82, 2.24) is 4.72 Å². The number of anilines is 1. The molecule has 2 rings (SSSR count). The maximum atomic E-state index is 12.0. The topological polar surface area (TPSA) is 70.6 Å². The van der Waals surface area contributed by atoms with Crippen LogP contribution < -0.4 is 10.0 Å². The van der Waals surface area contributed by atoms with Crippen LogP contribution in [0, 0.1) is 0 Å². The summed E-state index contributed by atoms with van der Waals surface area (Å²) < 4.78 is 27.0. The first-order valence-electron chi connectivity index (χ1n) is 5.06. The van der Waals surface area contributed by atoms with E-state index in [0.717, 1.165) is 0 Å². The second-order valence-electron chi connectivity index (χ2n) is 3.94. The minimum absolute atomic E-state index is 0.0113. The number of nitrogens with one attached hydrogen (secondary N) is 2. The predicted molar refractivity (Wildman–Crippen MR) is 70.7 cm³/mol. The van der Waals surface area contributed by atoms with Crippen LogP contribution in [0.5, 0.6) is 0 Å². The fourth-order valence-electron chi connectivity index (χ4n) is 1.47. The van der Waals surface area contributed by atoms with Crippen LogP contribution in [0.25, 0.3) is 0 Å². The van der Waals surface area contributed by atoms with Gasteiger partial charge in [-0.05, 0) is 32.0 Å². The van der Waals surface area contributed by atoms with Gasteiger partial charge in [0, 0.05) is 10.5 Å². The molecule has 92 valence electrons. The van der Waals surface area contributed by atoms with Crippen molar-refractivity contribution >= 4 is 37.6 Å². The Morgan fingerprint density at radius 2 is 2.06 bits per heavy atom. The number of hydrogen-bond acceptors (Lipinski definition) is 3. The van der Waals surface area contributed by atoms with Gasteiger partial charge >= 0.3 is 0 Å². The van der Waals surface area contributed by atoms with Gasteiger partial charge in [0.2, 0.25) is 5.96 Å². The molecule has 2 N–H and O–H groups in total. The second-order valence-corrected chi connectivity index (χ2v) is 6.51. The SMILES string of the molecule is CC(C)N=C1Nc2ccc(Br)cc2S(=O)(=O)N1. The van der Waals surface area contributed by atoms with E-state index < -0.39 is 10.0 Å². The highest BCUT2D eigenvalue weighted by Crippen LogP contribution is 2.27. The monoisotopic (exact) mass is 317 g/mol. The third-order valence-corrected chi connectivity index (χ3v) is 3.98. The van der Waals surface area contributed by atoms with E-state index in [4.69, 9.17) is 0 Å². The molecule has 1 heterocycles. The van der Waals surface area contributed by atoms with E-state index >= 15 is 0 Å². The van der Waals surface area contributed by atoms with Gasteiger partial charge in [0.05, 0.1) is 5.69 Å². The summed E-state index contributed by atoms with van der Waals surface area (Å²) >= 11 is 3.25. The van der Waals surface area contributed by atoms with Crippen molar-refractivity contribution in [1.29, 1.82) is 0 Å². The molecule has 0 aromatic heterocycles. The average Bonchev–Trinajstić information content (AvgIpc) is 2.17. The Balaban J connectivity index is 2.52. The number of rotatable bonds is 1. The normalized spacial score (nSPS) is 19.6. The summed E-state index contributed by atoms with van der Waals surface area (Å²) in [7, 11) is -3.53. The van der Waals surface area contributed by atoms with Crippen molar-refractivity contribution in [2.24, 2.45) is 4.99 Å². The van der Waals surface area contributed by atoms with E-state index in [2.05, 4.69) is 31.0 Å². The van der Waals surface area contributed by atoms with E-state index in [0.29, 0.717) is 10.2 Å². The molecule has 0 saturated carbocycles. The Hall–Kier alpha value is -1.08. The van der Waals surface area contributed by atoms with E-state index in [1.54, 1.807) is 18.2 Å². The minimum atomic E-state index is -3.53. The highest BCUT2D eigenvalue weighted by molar-refractivity contribution is 9.10. The number of fused-ring (bicyclic) bond motifs is 1. The van der Waals surface area contributed by atoms with E-state index in [1.807, 2.05) is 13.8 Å². The summed E-state index contributed by atoms with van der Waals surface area (Å²) in [5.41, 5.74) is 0.534. The Kier molecular flexibility index (Phi) is 3.13. The zero-order chi connectivity index (χ0) is 12.6. The molecular weight excluding hydrogens is 306 g/mol. The zero-order valence-electron chi connectivity index (χ0n) is 9.36. The van der Waals surface area contributed by atoms with Gasteiger partial charge in [0.25, 0.3) is 10.0 Å². The maximum absolute atomic E-state index is 12.0. The fraction of sp³-hybridized carbons (Fsp3) is 0.300. The number of aliphatic imine (C=N–C) groups is 1. The second kappa shape index (κ2) is 4.30. The van der Waals surface area contributed by atoms with Crippen LogP contribution in [0.2, 0.25) is 0 Å². The van der Waals surface area contributed by atoms with Crippen LogP contribution >= 0.6 is 15.9 Å². The van der Waals surface area contributed by atoms with Crippen LogP contribution in [-0.2, 0) is 10.0 Å². The van der Waals surface area contributed by atoms with Crippen molar-refractivity contribution in [3.63, 3.8) is 0 Å². The van der Waals surface area contributed by atoms with Gasteiger partial charge in [-0.1, -0.05) is 15.9 Å². The summed E-state index contributed by atoms with van der Waals surface area (Å²) in [5, 5.41) is 2.95. The summed E-state index contributed by atoms with van der Waals surface area (Å²) in [6.45, 7) is 3.75. The molecule has 7 heteroatoms. The first-order chi connectivity index (χ1) is 7.88. The van der Waals surface area contributed by atoms with Gasteiger partial charge < -0.3 is 5.32 Å². The minimum Gasteiger partial charge on any atom is -0.324 e. The number of benzene rings is 1. The van der Waals surface area contributed by atoms with Gasteiger partial charge in [-0.3, -0.25) is 0 Å². The lowest BCUT2D eigenvalue weighted by Gasteiger charge is -2.22. The number of sulfonamides is 1. The summed E-state index contributed by atoms with van der Waals surface area (Å²) in [5.74, 6) is 0.259.